The first-order valence-electron chi connectivity index (χ1n) is 8.35. The SMILES string of the molecule is COCCN1CCO[C@@H]2CN(C(=O)c3sccc3C)CC[C@@H]2C1. The maximum absolute atomic E-state index is 12.7. The molecule has 1 aromatic heterocycles. The molecule has 2 saturated heterocycles. The number of ether oxygens (including phenoxy) is 2. The number of hydrogen-bond donors (Lipinski definition) is 0. The van der Waals surface area contributed by atoms with E-state index in [4.69, 9.17) is 9.47 Å². The standard InChI is InChI=1S/C17H26N2O3S/c1-13-4-10-23-16(13)17(20)19-5-3-14-11-18(6-8-21-2)7-9-22-15(14)12-19/h4,10,14-15H,3,5-9,11-12H2,1-2H3/t14-,15-/m1/s1. The van der Waals surface area contributed by atoms with E-state index in [1.165, 1.54) is 0 Å². The van der Waals surface area contributed by atoms with Gasteiger partial charge in [0.15, 0.2) is 0 Å². The average Bonchev–Trinajstić information content (AvgIpc) is 2.88. The predicted molar refractivity (Wildman–Crippen MR) is 91.1 cm³/mol. The monoisotopic (exact) mass is 338 g/mol. The minimum atomic E-state index is 0.167. The number of likely N-dealkylation sites (tertiary alicyclic amines) is 1. The number of nitrogens with zero attached hydrogens (tertiary/aromatic N) is 2. The van der Waals surface area contributed by atoms with Crippen molar-refractivity contribution in [2.75, 3.05) is 53.0 Å². The molecule has 3 rings (SSSR count). The second-order valence-electron chi connectivity index (χ2n) is 6.44. The molecule has 23 heavy (non-hydrogen) atoms. The molecule has 5 nitrogen and oxygen atoms in total. The lowest BCUT2D eigenvalue weighted by atomic mass is 9.93. The Labute approximate surface area is 142 Å². The van der Waals surface area contributed by atoms with E-state index in [0.29, 0.717) is 5.92 Å². The van der Waals surface area contributed by atoms with E-state index in [-0.39, 0.29) is 12.0 Å². The number of thiophene rings is 1. The third-order valence-corrected chi connectivity index (χ3v) is 5.89. The molecule has 0 aliphatic carbocycles. The van der Waals surface area contributed by atoms with Crippen LogP contribution in [0.2, 0.25) is 0 Å². The van der Waals surface area contributed by atoms with Gasteiger partial charge in [-0.15, -0.1) is 11.3 Å². The summed E-state index contributed by atoms with van der Waals surface area (Å²) in [7, 11) is 1.74. The lowest BCUT2D eigenvalue weighted by molar-refractivity contribution is -0.0170. The second-order valence-corrected chi connectivity index (χ2v) is 7.35. The van der Waals surface area contributed by atoms with Crippen LogP contribution < -0.4 is 0 Å². The molecule has 0 unspecified atom stereocenters. The molecule has 2 fully saturated rings. The van der Waals surface area contributed by atoms with E-state index >= 15 is 0 Å². The second kappa shape index (κ2) is 7.75. The van der Waals surface area contributed by atoms with Gasteiger partial charge in [0.25, 0.3) is 5.91 Å². The van der Waals surface area contributed by atoms with Crippen LogP contribution in [-0.2, 0) is 9.47 Å². The predicted octanol–water partition coefficient (Wildman–Crippen LogP) is 1.87. The number of carbonyl (C=O) groups excluding carboxylic acids is 1. The Balaban J connectivity index is 1.60. The minimum Gasteiger partial charge on any atom is -0.383 e. The van der Waals surface area contributed by atoms with Crippen LogP contribution in [0.3, 0.4) is 0 Å². The average molecular weight is 338 g/mol. The number of methoxy groups -OCH3 is 1. The molecule has 0 bridgehead atoms. The summed E-state index contributed by atoms with van der Waals surface area (Å²) in [6, 6.07) is 2.01. The first-order chi connectivity index (χ1) is 11.2. The fourth-order valence-corrected chi connectivity index (χ4v) is 4.35. The summed E-state index contributed by atoms with van der Waals surface area (Å²) in [4.78, 5) is 18.0. The Bertz CT molecular complexity index is 534. The van der Waals surface area contributed by atoms with Crippen LogP contribution in [0.15, 0.2) is 11.4 Å². The van der Waals surface area contributed by atoms with Crippen molar-refractivity contribution in [1.82, 2.24) is 9.80 Å². The van der Waals surface area contributed by atoms with Crippen LogP contribution in [0.4, 0.5) is 0 Å². The van der Waals surface area contributed by atoms with E-state index in [2.05, 4.69) is 4.90 Å². The van der Waals surface area contributed by atoms with Crippen molar-refractivity contribution in [2.45, 2.75) is 19.4 Å². The number of hydrogen-bond acceptors (Lipinski definition) is 5. The van der Waals surface area contributed by atoms with Crippen molar-refractivity contribution in [3.63, 3.8) is 0 Å². The lowest BCUT2D eigenvalue weighted by Gasteiger charge is -2.38. The van der Waals surface area contributed by atoms with Gasteiger partial charge in [-0.1, -0.05) is 0 Å². The van der Waals surface area contributed by atoms with E-state index in [0.717, 1.165) is 62.8 Å². The third kappa shape index (κ3) is 3.94. The van der Waals surface area contributed by atoms with Gasteiger partial charge in [0.2, 0.25) is 0 Å². The highest BCUT2D eigenvalue weighted by Crippen LogP contribution is 2.26. The molecule has 0 aromatic carbocycles. The lowest BCUT2D eigenvalue weighted by Crippen LogP contribution is -2.49. The topological polar surface area (TPSA) is 42.0 Å². The summed E-state index contributed by atoms with van der Waals surface area (Å²) in [6.07, 6.45) is 1.19. The van der Waals surface area contributed by atoms with Crippen LogP contribution in [-0.4, -0.2) is 74.9 Å². The number of rotatable bonds is 4. The van der Waals surface area contributed by atoms with Crippen molar-refractivity contribution >= 4 is 17.2 Å². The minimum absolute atomic E-state index is 0.167. The molecular weight excluding hydrogens is 312 g/mol. The molecule has 6 heteroatoms. The Morgan fingerprint density at radius 1 is 1.43 bits per heavy atom. The Kier molecular flexibility index (Phi) is 5.69. The highest BCUT2D eigenvalue weighted by atomic mass is 32.1. The van der Waals surface area contributed by atoms with Crippen LogP contribution in [0.1, 0.15) is 21.7 Å². The maximum Gasteiger partial charge on any atom is 0.264 e. The van der Waals surface area contributed by atoms with Gasteiger partial charge in [0, 0.05) is 45.8 Å². The summed E-state index contributed by atoms with van der Waals surface area (Å²) < 4.78 is 11.3. The van der Waals surface area contributed by atoms with Gasteiger partial charge < -0.3 is 14.4 Å². The van der Waals surface area contributed by atoms with Crippen molar-refractivity contribution in [3.05, 3.63) is 21.9 Å². The summed E-state index contributed by atoms with van der Waals surface area (Å²) in [5.74, 6) is 0.683. The van der Waals surface area contributed by atoms with Gasteiger partial charge >= 0.3 is 0 Å². The summed E-state index contributed by atoms with van der Waals surface area (Å²) >= 11 is 1.54. The zero-order valence-corrected chi connectivity index (χ0v) is 14.8. The van der Waals surface area contributed by atoms with E-state index in [9.17, 15) is 4.79 Å². The molecule has 128 valence electrons. The van der Waals surface area contributed by atoms with Crippen LogP contribution in [0.25, 0.3) is 0 Å². The van der Waals surface area contributed by atoms with Crippen LogP contribution in [0, 0.1) is 12.8 Å². The maximum atomic E-state index is 12.7. The fourth-order valence-electron chi connectivity index (χ4n) is 3.46. The fraction of sp³-hybridized carbons (Fsp3) is 0.706. The van der Waals surface area contributed by atoms with Gasteiger partial charge in [-0.25, -0.2) is 0 Å². The highest BCUT2D eigenvalue weighted by molar-refractivity contribution is 7.12. The van der Waals surface area contributed by atoms with Crippen LogP contribution in [0.5, 0.6) is 0 Å². The number of amides is 1. The van der Waals surface area contributed by atoms with Crippen molar-refractivity contribution in [2.24, 2.45) is 5.92 Å². The van der Waals surface area contributed by atoms with Gasteiger partial charge in [0.05, 0.1) is 24.2 Å². The highest BCUT2D eigenvalue weighted by Gasteiger charge is 2.35. The number of aryl methyl sites for hydroxylation is 1. The van der Waals surface area contributed by atoms with Gasteiger partial charge in [0.1, 0.15) is 0 Å². The first kappa shape index (κ1) is 16.9. The Hall–Kier alpha value is -0.950. The molecule has 2 aliphatic heterocycles. The Morgan fingerprint density at radius 2 is 2.30 bits per heavy atom. The zero-order valence-electron chi connectivity index (χ0n) is 14.0. The quantitative estimate of drug-likeness (QED) is 0.840. The van der Waals surface area contributed by atoms with Crippen molar-refractivity contribution in [3.8, 4) is 0 Å². The molecule has 0 spiro atoms. The number of fused-ring (bicyclic) bond motifs is 1. The zero-order chi connectivity index (χ0) is 16.2. The number of carbonyl (C=O) groups is 1. The molecule has 1 amide bonds. The molecule has 0 N–H and O–H groups in total. The van der Waals surface area contributed by atoms with E-state index in [1.807, 2.05) is 23.3 Å². The first-order valence-corrected chi connectivity index (χ1v) is 9.23. The molecule has 2 aliphatic rings. The molecule has 3 heterocycles. The molecule has 1 aromatic rings. The number of piperidine rings is 1. The molecule has 2 atom stereocenters. The van der Waals surface area contributed by atoms with Crippen LogP contribution >= 0.6 is 11.3 Å². The third-order valence-electron chi connectivity index (χ3n) is 4.88. The van der Waals surface area contributed by atoms with E-state index in [1.54, 1.807) is 18.4 Å². The van der Waals surface area contributed by atoms with Crippen molar-refractivity contribution in [1.29, 1.82) is 0 Å². The summed E-state index contributed by atoms with van der Waals surface area (Å²) in [5, 5.41) is 1.99. The smallest absolute Gasteiger partial charge is 0.264 e. The summed E-state index contributed by atoms with van der Waals surface area (Å²) in [5.41, 5.74) is 1.08. The molecule has 0 saturated carbocycles. The van der Waals surface area contributed by atoms with Gasteiger partial charge in [-0.2, -0.15) is 0 Å². The van der Waals surface area contributed by atoms with Gasteiger partial charge in [-0.3, -0.25) is 9.69 Å². The van der Waals surface area contributed by atoms with Gasteiger partial charge in [-0.05, 0) is 30.4 Å². The van der Waals surface area contributed by atoms with Crippen molar-refractivity contribution < 1.29 is 14.3 Å². The summed E-state index contributed by atoms with van der Waals surface area (Å²) in [6.45, 7) is 8.03. The Morgan fingerprint density at radius 3 is 3.04 bits per heavy atom. The largest absolute Gasteiger partial charge is 0.383 e. The molecule has 0 radical (unpaired) electrons. The van der Waals surface area contributed by atoms with E-state index < -0.39 is 0 Å². The normalized spacial score (nSPS) is 25.9. The molecular formula is C17H26N2O3S.